The molecule has 0 spiro atoms. The number of nitrogens with one attached hydrogen (secondary N) is 1. The molecule has 0 saturated heterocycles. The first-order valence-electron chi connectivity index (χ1n) is 10.4. The van der Waals surface area contributed by atoms with Crippen LogP contribution in [0.15, 0.2) is 42.5 Å². The van der Waals surface area contributed by atoms with Crippen LogP contribution in [-0.4, -0.2) is 4.92 Å². The van der Waals surface area contributed by atoms with Gasteiger partial charge in [0.1, 0.15) is 5.69 Å². The number of anilines is 2. The van der Waals surface area contributed by atoms with Gasteiger partial charge in [0.05, 0.1) is 10.5 Å². The third-order valence-corrected chi connectivity index (χ3v) is 7.34. The molecule has 0 amide bonds. The second-order valence-electron chi connectivity index (χ2n) is 9.39. The van der Waals surface area contributed by atoms with Gasteiger partial charge in [-0.3, -0.25) is 10.1 Å². The van der Waals surface area contributed by atoms with Gasteiger partial charge in [0.25, 0.3) is 5.69 Å². The van der Waals surface area contributed by atoms with Gasteiger partial charge in [0.15, 0.2) is 0 Å². The molecule has 4 bridgehead atoms. The maximum atomic E-state index is 12.9. The minimum atomic E-state index is -4.62. The minimum absolute atomic E-state index is 0.0514. The zero-order chi connectivity index (χ0) is 21.1. The van der Waals surface area contributed by atoms with Gasteiger partial charge in [-0.1, -0.05) is 12.1 Å². The summed E-state index contributed by atoms with van der Waals surface area (Å²) in [4.78, 5) is 10.5. The van der Waals surface area contributed by atoms with Crippen molar-refractivity contribution < 1.29 is 18.1 Å². The number of benzene rings is 2. The highest BCUT2D eigenvalue weighted by molar-refractivity contribution is 5.70. The Bertz CT molecular complexity index is 950. The van der Waals surface area contributed by atoms with E-state index in [1.165, 1.54) is 44.1 Å². The van der Waals surface area contributed by atoms with Crippen molar-refractivity contribution in [3.05, 3.63) is 63.7 Å². The van der Waals surface area contributed by atoms with Crippen LogP contribution in [0.2, 0.25) is 0 Å². The Labute approximate surface area is 172 Å². The summed E-state index contributed by atoms with van der Waals surface area (Å²) in [5.41, 5.74) is 0.649. The van der Waals surface area contributed by atoms with Crippen molar-refractivity contribution >= 4 is 17.1 Å². The maximum Gasteiger partial charge on any atom is 0.416 e. The third kappa shape index (κ3) is 3.34. The topological polar surface area (TPSA) is 55.2 Å². The number of nitrogens with zero attached hydrogens (tertiary/aromatic N) is 1. The van der Waals surface area contributed by atoms with Crippen LogP contribution in [0.5, 0.6) is 0 Å². The normalized spacial score (nSPS) is 29.8. The zero-order valence-corrected chi connectivity index (χ0v) is 16.4. The molecule has 4 nitrogen and oxygen atoms in total. The van der Waals surface area contributed by atoms with E-state index in [0.29, 0.717) is 11.8 Å². The molecule has 4 aliphatic rings. The molecule has 4 saturated carbocycles. The number of hydrogen-bond acceptors (Lipinski definition) is 3. The highest BCUT2D eigenvalue weighted by Gasteiger charge is 2.51. The van der Waals surface area contributed by atoms with Gasteiger partial charge in [-0.05, 0) is 91.5 Å². The molecule has 1 N–H and O–H groups in total. The van der Waals surface area contributed by atoms with Crippen LogP contribution in [0.1, 0.15) is 49.7 Å². The van der Waals surface area contributed by atoms with Crippen LogP contribution >= 0.6 is 0 Å². The summed E-state index contributed by atoms with van der Waals surface area (Å²) in [7, 11) is 0. The van der Waals surface area contributed by atoms with Crippen molar-refractivity contribution in [2.45, 2.75) is 50.1 Å². The van der Waals surface area contributed by atoms with Gasteiger partial charge in [-0.15, -0.1) is 0 Å². The lowest BCUT2D eigenvalue weighted by Gasteiger charge is -2.57. The highest BCUT2D eigenvalue weighted by atomic mass is 19.4. The fraction of sp³-hybridized carbons (Fsp3) is 0.478. The Morgan fingerprint density at radius 2 is 1.50 bits per heavy atom. The summed E-state index contributed by atoms with van der Waals surface area (Å²) in [6.45, 7) is 0. The van der Waals surface area contributed by atoms with Crippen LogP contribution in [0.25, 0.3) is 0 Å². The van der Waals surface area contributed by atoms with Crippen LogP contribution in [0.4, 0.5) is 30.2 Å². The molecule has 0 aliphatic heterocycles. The third-order valence-electron chi connectivity index (χ3n) is 7.34. The molecular weight excluding hydrogens is 393 g/mol. The number of halogens is 3. The van der Waals surface area contributed by atoms with Crippen LogP contribution < -0.4 is 5.32 Å². The average molecular weight is 416 g/mol. The predicted octanol–water partition coefficient (Wildman–Crippen LogP) is 6.83. The maximum absolute atomic E-state index is 12.9. The van der Waals surface area contributed by atoms with Crippen molar-refractivity contribution in [1.82, 2.24) is 0 Å². The first kappa shape index (κ1) is 19.4. The van der Waals surface area contributed by atoms with Crippen molar-refractivity contribution in [3.63, 3.8) is 0 Å². The van der Waals surface area contributed by atoms with Crippen LogP contribution in [0.3, 0.4) is 0 Å². The van der Waals surface area contributed by atoms with Crippen LogP contribution in [0, 0.1) is 27.9 Å². The molecular formula is C23H23F3N2O2. The molecule has 4 aliphatic carbocycles. The van der Waals surface area contributed by atoms with E-state index in [1.54, 1.807) is 0 Å². The Hall–Kier alpha value is -2.57. The zero-order valence-electron chi connectivity index (χ0n) is 16.4. The molecule has 4 fully saturated rings. The lowest BCUT2D eigenvalue weighted by molar-refractivity contribution is -0.384. The smallest absolute Gasteiger partial charge is 0.350 e. The monoisotopic (exact) mass is 416 g/mol. The minimum Gasteiger partial charge on any atom is -0.350 e. The molecule has 0 radical (unpaired) electrons. The van der Waals surface area contributed by atoms with Crippen molar-refractivity contribution in [3.8, 4) is 0 Å². The summed E-state index contributed by atoms with van der Waals surface area (Å²) < 4.78 is 38.7. The Morgan fingerprint density at radius 3 is 2.00 bits per heavy atom. The summed E-state index contributed by atoms with van der Waals surface area (Å²) in [6, 6.07) is 10.5. The fourth-order valence-electron chi connectivity index (χ4n) is 6.49. The number of nitro groups is 1. The van der Waals surface area contributed by atoms with E-state index in [9.17, 15) is 23.3 Å². The van der Waals surface area contributed by atoms with E-state index in [2.05, 4.69) is 17.4 Å². The van der Waals surface area contributed by atoms with Gasteiger partial charge in [-0.2, -0.15) is 13.2 Å². The van der Waals surface area contributed by atoms with Gasteiger partial charge < -0.3 is 5.32 Å². The van der Waals surface area contributed by atoms with Gasteiger partial charge >= 0.3 is 6.18 Å². The van der Waals surface area contributed by atoms with E-state index in [-0.39, 0.29) is 11.1 Å². The number of nitro benzene ring substituents is 1. The van der Waals surface area contributed by atoms with Crippen LogP contribution in [-0.2, 0) is 11.6 Å². The molecule has 0 atom stereocenters. The predicted molar refractivity (Wildman–Crippen MR) is 108 cm³/mol. The van der Waals surface area contributed by atoms with Gasteiger partial charge in [0, 0.05) is 11.8 Å². The van der Waals surface area contributed by atoms with Crippen molar-refractivity contribution in [2.75, 3.05) is 5.32 Å². The first-order valence-corrected chi connectivity index (χ1v) is 10.4. The number of hydrogen-bond donors (Lipinski definition) is 1. The Kier molecular flexibility index (Phi) is 4.35. The molecule has 6 rings (SSSR count). The Morgan fingerprint density at radius 1 is 0.933 bits per heavy atom. The summed E-state index contributed by atoms with van der Waals surface area (Å²) >= 11 is 0. The molecule has 2 aromatic carbocycles. The molecule has 2 aromatic rings. The SMILES string of the molecule is O=[N+]([O-])c1cc(C(F)(F)F)ccc1Nc1ccc(C23CC4CC(CC(C4)C2)C3)cc1. The second kappa shape index (κ2) is 6.72. The Balaban J connectivity index is 1.39. The second-order valence-corrected chi connectivity index (χ2v) is 9.39. The van der Waals surface area contributed by atoms with Crippen molar-refractivity contribution in [2.24, 2.45) is 17.8 Å². The van der Waals surface area contributed by atoms with E-state index >= 15 is 0 Å². The quantitative estimate of drug-likeness (QED) is 0.439. The molecule has 0 heterocycles. The van der Waals surface area contributed by atoms with E-state index < -0.39 is 22.4 Å². The summed E-state index contributed by atoms with van der Waals surface area (Å²) in [5.74, 6) is 2.51. The lowest BCUT2D eigenvalue weighted by atomic mass is 9.48. The molecule has 0 unspecified atom stereocenters. The van der Waals surface area contributed by atoms with E-state index in [4.69, 9.17) is 0 Å². The average Bonchev–Trinajstić information content (AvgIpc) is 2.66. The first-order chi connectivity index (χ1) is 14.2. The largest absolute Gasteiger partial charge is 0.416 e. The van der Waals surface area contributed by atoms with E-state index in [0.717, 1.165) is 29.9 Å². The van der Waals surface area contributed by atoms with E-state index in [1.807, 2.05) is 12.1 Å². The standard InChI is InChI=1S/C23H23F3N2O2/c24-23(25,26)18-3-6-20(21(10-18)28(29)30)27-19-4-1-17(2-5-19)22-11-14-7-15(12-22)9-16(8-14)13-22/h1-6,10,14-16,27H,7-9,11-13H2. The number of alkyl halides is 3. The van der Waals surface area contributed by atoms with Crippen molar-refractivity contribution in [1.29, 1.82) is 0 Å². The number of rotatable bonds is 4. The molecule has 30 heavy (non-hydrogen) atoms. The molecule has 7 heteroatoms. The van der Waals surface area contributed by atoms with Gasteiger partial charge in [-0.25, -0.2) is 0 Å². The molecule has 158 valence electrons. The lowest BCUT2D eigenvalue weighted by Crippen LogP contribution is -2.48. The fourth-order valence-corrected chi connectivity index (χ4v) is 6.49. The van der Waals surface area contributed by atoms with Gasteiger partial charge in [0.2, 0.25) is 0 Å². The molecule has 0 aromatic heterocycles. The summed E-state index contributed by atoms with van der Waals surface area (Å²) in [6.07, 6.45) is 3.23. The summed E-state index contributed by atoms with van der Waals surface area (Å²) in [5, 5.41) is 14.2. The highest BCUT2D eigenvalue weighted by Crippen LogP contribution is 2.60.